The second-order valence-corrected chi connectivity index (χ2v) is 6.52. The lowest BCUT2D eigenvalue weighted by Gasteiger charge is -2.32. The monoisotopic (exact) mass is 358 g/mol. The maximum absolute atomic E-state index is 5.94. The van der Waals surface area contributed by atoms with Crippen LogP contribution in [0, 0.1) is 0 Å². The van der Waals surface area contributed by atoms with E-state index in [0.29, 0.717) is 0 Å². The number of rotatable bonds is 5. The molecule has 130 valence electrons. The molecule has 0 amide bonds. The molecule has 8 heteroatoms. The highest BCUT2D eigenvalue weighted by atomic mass is 35.5. The highest BCUT2D eigenvalue weighted by molar-refractivity contribution is 6.30. The minimum absolute atomic E-state index is 0.119. The predicted molar refractivity (Wildman–Crippen MR) is 93.6 cm³/mol. The highest BCUT2D eigenvalue weighted by Crippen LogP contribution is 2.15. The van der Waals surface area contributed by atoms with Crippen molar-refractivity contribution < 1.29 is 4.74 Å². The lowest BCUT2D eigenvalue weighted by Crippen LogP contribution is -2.43. The highest BCUT2D eigenvalue weighted by Gasteiger charge is 2.21. The predicted octanol–water partition coefficient (Wildman–Crippen LogP) is 2.02. The Morgan fingerprint density at radius 1 is 1.16 bits per heavy atom. The van der Waals surface area contributed by atoms with Crippen LogP contribution in [0.15, 0.2) is 48.9 Å². The summed E-state index contributed by atoms with van der Waals surface area (Å²) in [7, 11) is 0. The third-order valence-corrected chi connectivity index (χ3v) is 4.46. The van der Waals surface area contributed by atoms with Crippen LogP contribution in [0.5, 0.6) is 0 Å². The van der Waals surface area contributed by atoms with Gasteiger partial charge in [0, 0.05) is 37.1 Å². The summed E-state index contributed by atoms with van der Waals surface area (Å²) in [5.41, 5.74) is 2.04. The first-order valence-corrected chi connectivity index (χ1v) is 8.62. The Kier molecular flexibility index (Phi) is 4.78. The zero-order valence-electron chi connectivity index (χ0n) is 13.7. The zero-order valence-corrected chi connectivity index (χ0v) is 14.5. The van der Waals surface area contributed by atoms with E-state index in [1.54, 1.807) is 6.20 Å². The fraction of sp³-hybridized carbons (Fsp3) is 0.353. The number of aromatic nitrogens is 5. The fourth-order valence-electron chi connectivity index (χ4n) is 2.99. The number of benzene rings is 1. The second kappa shape index (κ2) is 7.35. The Morgan fingerprint density at radius 2 is 2.04 bits per heavy atom. The quantitative estimate of drug-likeness (QED) is 0.698. The van der Waals surface area contributed by atoms with Crippen molar-refractivity contribution in [2.24, 2.45) is 0 Å². The van der Waals surface area contributed by atoms with E-state index in [4.69, 9.17) is 16.3 Å². The van der Waals surface area contributed by atoms with Crippen LogP contribution in [0.3, 0.4) is 0 Å². The molecule has 1 aromatic carbocycles. The van der Waals surface area contributed by atoms with Gasteiger partial charge in [-0.3, -0.25) is 4.90 Å². The van der Waals surface area contributed by atoms with Gasteiger partial charge in [-0.2, -0.15) is 5.10 Å². The summed E-state index contributed by atoms with van der Waals surface area (Å²) < 4.78 is 9.52. The van der Waals surface area contributed by atoms with Gasteiger partial charge >= 0.3 is 0 Å². The molecule has 1 aliphatic rings. The van der Waals surface area contributed by atoms with Crippen LogP contribution in [0.2, 0.25) is 5.02 Å². The van der Waals surface area contributed by atoms with Gasteiger partial charge in [0.1, 0.15) is 0 Å². The molecule has 0 radical (unpaired) electrons. The van der Waals surface area contributed by atoms with Gasteiger partial charge in [-0.05, 0) is 30.3 Å². The largest absolute Gasteiger partial charge is 0.374 e. The van der Waals surface area contributed by atoms with E-state index in [0.717, 1.165) is 49.2 Å². The van der Waals surface area contributed by atoms with Crippen LogP contribution in [0.4, 0.5) is 0 Å². The van der Waals surface area contributed by atoms with E-state index in [2.05, 4.69) is 26.4 Å². The molecule has 0 N–H and O–H groups in total. The Labute approximate surface area is 150 Å². The summed E-state index contributed by atoms with van der Waals surface area (Å²) in [5, 5.41) is 13.2. The minimum atomic E-state index is 0.119. The number of morpholine rings is 1. The van der Waals surface area contributed by atoms with Crippen molar-refractivity contribution in [2.75, 3.05) is 19.7 Å². The van der Waals surface area contributed by atoms with Gasteiger partial charge in [0.2, 0.25) is 0 Å². The van der Waals surface area contributed by atoms with Crippen molar-refractivity contribution in [1.82, 2.24) is 29.7 Å². The average molecular weight is 359 g/mol. The van der Waals surface area contributed by atoms with Gasteiger partial charge in [0.15, 0.2) is 0 Å². The summed E-state index contributed by atoms with van der Waals surface area (Å²) in [6, 6.07) is 9.71. The molecule has 0 bridgehead atoms. The first kappa shape index (κ1) is 16.3. The SMILES string of the molecule is Clc1ccc(-n2ccc(CN3CCOC(Cn4ccnn4)C3)n2)cc1. The van der Waals surface area contributed by atoms with E-state index in [1.807, 2.05) is 46.0 Å². The number of nitrogens with zero attached hydrogens (tertiary/aromatic N) is 6. The Morgan fingerprint density at radius 3 is 2.84 bits per heavy atom. The molecule has 3 heterocycles. The molecule has 2 aromatic heterocycles. The van der Waals surface area contributed by atoms with Crippen LogP contribution in [-0.2, 0) is 17.8 Å². The molecule has 3 aromatic rings. The lowest BCUT2D eigenvalue weighted by molar-refractivity contribution is -0.0407. The Balaban J connectivity index is 1.37. The van der Waals surface area contributed by atoms with Gasteiger partial charge in [-0.25, -0.2) is 9.36 Å². The first-order chi connectivity index (χ1) is 12.3. The molecule has 0 saturated carbocycles. The molecule has 25 heavy (non-hydrogen) atoms. The van der Waals surface area contributed by atoms with E-state index < -0.39 is 0 Å². The number of halogens is 1. The fourth-order valence-corrected chi connectivity index (χ4v) is 3.11. The van der Waals surface area contributed by atoms with Gasteiger partial charge in [0.05, 0.1) is 36.8 Å². The lowest BCUT2D eigenvalue weighted by atomic mass is 10.2. The summed E-state index contributed by atoms with van der Waals surface area (Å²) in [6.45, 7) is 4.00. The first-order valence-electron chi connectivity index (χ1n) is 8.25. The third-order valence-electron chi connectivity index (χ3n) is 4.21. The smallest absolute Gasteiger partial charge is 0.0898 e. The van der Waals surface area contributed by atoms with Crippen LogP contribution >= 0.6 is 11.6 Å². The van der Waals surface area contributed by atoms with Crippen LogP contribution in [-0.4, -0.2) is 55.5 Å². The van der Waals surface area contributed by atoms with E-state index >= 15 is 0 Å². The molecule has 0 aliphatic carbocycles. The van der Waals surface area contributed by atoms with Crippen LogP contribution in [0.1, 0.15) is 5.69 Å². The molecule has 1 saturated heterocycles. The minimum Gasteiger partial charge on any atom is -0.374 e. The molecular weight excluding hydrogens is 340 g/mol. The van der Waals surface area contributed by atoms with Gasteiger partial charge < -0.3 is 4.74 Å². The molecule has 0 spiro atoms. The standard InChI is InChI=1S/C17H19ClN6O/c18-14-1-3-16(4-2-14)24-7-5-15(20-24)11-22-9-10-25-17(12-22)13-23-8-6-19-21-23/h1-8,17H,9-13H2. The molecular formula is C17H19ClN6O. The normalized spacial score (nSPS) is 18.5. The molecule has 1 fully saturated rings. The molecule has 1 atom stereocenters. The van der Waals surface area contributed by atoms with Crippen LogP contribution in [0.25, 0.3) is 5.69 Å². The molecule has 1 aliphatic heterocycles. The maximum atomic E-state index is 5.94. The molecule has 7 nitrogen and oxygen atoms in total. The molecule has 4 rings (SSSR count). The molecule has 1 unspecified atom stereocenters. The number of hydrogen-bond donors (Lipinski definition) is 0. The van der Waals surface area contributed by atoms with Crippen molar-refractivity contribution in [2.45, 2.75) is 19.2 Å². The van der Waals surface area contributed by atoms with Crippen molar-refractivity contribution in [3.63, 3.8) is 0 Å². The zero-order chi connectivity index (χ0) is 17.1. The van der Waals surface area contributed by atoms with Crippen molar-refractivity contribution in [3.8, 4) is 5.69 Å². The van der Waals surface area contributed by atoms with Crippen molar-refractivity contribution >= 4 is 11.6 Å². The summed E-state index contributed by atoms with van der Waals surface area (Å²) in [4.78, 5) is 2.36. The van der Waals surface area contributed by atoms with Gasteiger partial charge in [0.25, 0.3) is 0 Å². The average Bonchev–Trinajstić information content (AvgIpc) is 3.28. The Hall–Kier alpha value is -2.22. The maximum Gasteiger partial charge on any atom is 0.0898 e. The number of hydrogen-bond acceptors (Lipinski definition) is 5. The van der Waals surface area contributed by atoms with E-state index in [-0.39, 0.29) is 6.10 Å². The van der Waals surface area contributed by atoms with Gasteiger partial charge in [-0.1, -0.05) is 16.8 Å². The summed E-state index contributed by atoms with van der Waals surface area (Å²) >= 11 is 5.94. The van der Waals surface area contributed by atoms with E-state index in [1.165, 1.54) is 0 Å². The second-order valence-electron chi connectivity index (χ2n) is 6.08. The van der Waals surface area contributed by atoms with Crippen molar-refractivity contribution in [3.05, 3.63) is 59.6 Å². The van der Waals surface area contributed by atoms with Gasteiger partial charge in [-0.15, -0.1) is 5.10 Å². The Bertz CT molecular complexity index is 801. The third kappa shape index (κ3) is 4.07. The van der Waals surface area contributed by atoms with Crippen molar-refractivity contribution in [1.29, 1.82) is 0 Å². The van der Waals surface area contributed by atoms with E-state index in [9.17, 15) is 0 Å². The summed E-state index contributed by atoms with van der Waals surface area (Å²) in [6.07, 6.45) is 5.64. The summed E-state index contributed by atoms with van der Waals surface area (Å²) in [5.74, 6) is 0. The van der Waals surface area contributed by atoms with Crippen LogP contribution < -0.4 is 0 Å². The number of ether oxygens (including phenoxy) is 1. The topological polar surface area (TPSA) is 61.0 Å².